The summed E-state index contributed by atoms with van der Waals surface area (Å²) in [4.78, 5) is 6.04. The molecule has 2 aromatic rings. The highest BCUT2D eigenvalue weighted by Crippen LogP contribution is 2.62. The Morgan fingerprint density at radius 1 is 1.09 bits per heavy atom. The zero-order valence-corrected chi connectivity index (χ0v) is 26.7. The molecule has 0 amide bonds. The molecule has 1 aromatic carbocycles. The molecular weight excluding hydrogens is 560 g/mol. The van der Waals surface area contributed by atoms with E-state index in [1.54, 1.807) is 24.4 Å². The first-order chi connectivity index (χ1) is 21.1. The van der Waals surface area contributed by atoms with Crippen molar-refractivity contribution in [2.45, 2.75) is 115 Å². The Morgan fingerprint density at radius 2 is 1.84 bits per heavy atom. The predicted octanol–water partition coefficient (Wildman–Crippen LogP) is 5.42. The molecule has 4 N–H and O–H groups in total. The highest BCUT2D eigenvalue weighted by molar-refractivity contribution is 6.02. The Morgan fingerprint density at radius 3 is 2.55 bits per heavy atom. The standard InChI is InChI=1S/C34H50N4O6/c1-5-6-12-23-21-35-37-38(23)30-20-28(36-44-33(2,3)4)26-18-22(11-7-9-16-39)25(13-8-10-17-40)31-27-19-24(41)14-15-29(27)43-34(30,42)32(26)31/h14-15,18-19,21-22,25,30-32,39-42H,5-13,16-17,20H2,1-4H3. The second-order valence-electron chi connectivity index (χ2n) is 13.7. The van der Waals surface area contributed by atoms with Crippen LogP contribution in [0.2, 0.25) is 0 Å². The lowest BCUT2D eigenvalue weighted by Gasteiger charge is -2.56. The third-order valence-electron chi connectivity index (χ3n) is 9.42. The third-order valence-corrected chi connectivity index (χ3v) is 9.42. The van der Waals surface area contributed by atoms with E-state index in [9.17, 15) is 20.4 Å². The number of hydrogen-bond donors (Lipinski definition) is 4. The van der Waals surface area contributed by atoms with E-state index in [-0.39, 0.29) is 36.7 Å². The lowest BCUT2D eigenvalue weighted by Crippen LogP contribution is -2.62. The van der Waals surface area contributed by atoms with Crippen LogP contribution in [0.3, 0.4) is 0 Å². The van der Waals surface area contributed by atoms with Crippen molar-refractivity contribution >= 4 is 5.71 Å². The smallest absolute Gasteiger partial charge is 0.238 e. The molecule has 2 heterocycles. The number of benzene rings is 1. The summed E-state index contributed by atoms with van der Waals surface area (Å²) in [5, 5.41) is 56.3. The number of fused-ring (bicyclic) bond motifs is 2. The minimum absolute atomic E-state index is 0.101. The maximum Gasteiger partial charge on any atom is 0.238 e. The summed E-state index contributed by atoms with van der Waals surface area (Å²) in [6.45, 7) is 8.29. The van der Waals surface area contributed by atoms with Gasteiger partial charge in [0.15, 0.2) is 0 Å². The lowest BCUT2D eigenvalue weighted by molar-refractivity contribution is -0.225. The van der Waals surface area contributed by atoms with Gasteiger partial charge in [-0.05, 0) is 94.9 Å². The van der Waals surface area contributed by atoms with Crippen LogP contribution in [0.25, 0.3) is 0 Å². The molecule has 6 atom stereocenters. The average molecular weight is 611 g/mol. The van der Waals surface area contributed by atoms with Gasteiger partial charge >= 0.3 is 0 Å². The fraction of sp³-hybridized carbons (Fsp3) is 0.676. The maximum atomic E-state index is 12.9. The van der Waals surface area contributed by atoms with Crippen molar-refractivity contribution in [2.75, 3.05) is 13.2 Å². The largest absolute Gasteiger partial charge is 0.508 e. The van der Waals surface area contributed by atoms with Crippen LogP contribution in [0, 0.1) is 17.8 Å². The number of phenols is 1. The monoisotopic (exact) mass is 610 g/mol. The van der Waals surface area contributed by atoms with Crippen LogP contribution in [-0.4, -0.2) is 65.7 Å². The molecule has 1 aliphatic heterocycles. The number of aryl methyl sites for hydroxylation is 1. The number of aromatic nitrogens is 3. The number of aliphatic hydroxyl groups is 3. The van der Waals surface area contributed by atoms with E-state index < -0.39 is 23.3 Å². The molecule has 44 heavy (non-hydrogen) atoms. The number of hydrogen-bond acceptors (Lipinski definition) is 9. The van der Waals surface area contributed by atoms with Gasteiger partial charge in [0.05, 0.1) is 23.5 Å². The number of unbranched alkanes of at least 4 members (excludes halogenated alkanes) is 3. The van der Waals surface area contributed by atoms with Crippen molar-refractivity contribution in [2.24, 2.45) is 22.9 Å². The number of oxime groups is 1. The van der Waals surface area contributed by atoms with Crippen molar-refractivity contribution in [1.82, 2.24) is 15.0 Å². The molecule has 1 saturated carbocycles. The molecule has 3 aliphatic rings. The quantitative estimate of drug-likeness (QED) is 0.174. The fourth-order valence-corrected chi connectivity index (χ4v) is 7.46. The zero-order valence-electron chi connectivity index (χ0n) is 26.7. The van der Waals surface area contributed by atoms with Crippen molar-refractivity contribution < 1.29 is 30.0 Å². The molecule has 1 fully saturated rings. The Kier molecular flexibility index (Phi) is 10.0. The van der Waals surface area contributed by atoms with E-state index in [2.05, 4.69) is 23.3 Å². The van der Waals surface area contributed by atoms with E-state index in [1.165, 1.54) is 0 Å². The Balaban J connectivity index is 1.71. The SMILES string of the molecule is CCCCc1cnnn1C1CC(=NOC(C)(C)C)C2=CC(CCCCO)C(CCCCO)C3c4cc(O)ccc4OC1(O)C23. The molecular formula is C34H50N4O6. The minimum atomic E-state index is -1.67. The summed E-state index contributed by atoms with van der Waals surface area (Å²) in [7, 11) is 0. The zero-order chi connectivity index (χ0) is 31.5. The molecule has 242 valence electrons. The van der Waals surface area contributed by atoms with Crippen molar-refractivity contribution in [3.05, 3.63) is 47.3 Å². The van der Waals surface area contributed by atoms with Gasteiger partial charge in [-0.1, -0.05) is 42.6 Å². The van der Waals surface area contributed by atoms with Gasteiger partial charge in [-0.15, -0.1) is 5.10 Å². The summed E-state index contributed by atoms with van der Waals surface area (Å²) in [5.41, 5.74) is 2.96. The molecule has 0 radical (unpaired) electrons. The molecule has 0 saturated heterocycles. The first kappa shape index (κ1) is 32.4. The van der Waals surface area contributed by atoms with Crippen molar-refractivity contribution in [3.8, 4) is 11.5 Å². The van der Waals surface area contributed by atoms with E-state index in [4.69, 9.17) is 14.7 Å². The Bertz CT molecular complexity index is 1330. The third kappa shape index (κ3) is 6.53. The van der Waals surface area contributed by atoms with Gasteiger partial charge < -0.3 is 30.0 Å². The van der Waals surface area contributed by atoms with Gasteiger partial charge in [0.25, 0.3) is 0 Å². The van der Waals surface area contributed by atoms with Gasteiger partial charge in [-0.2, -0.15) is 0 Å². The predicted molar refractivity (Wildman–Crippen MR) is 167 cm³/mol. The summed E-state index contributed by atoms with van der Waals surface area (Å²) in [5.74, 6) is -1.42. The van der Waals surface area contributed by atoms with E-state index >= 15 is 0 Å². The normalized spacial score (nSPS) is 28.7. The van der Waals surface area contributed by atoms with Crippen LogP contribution in [-0.2, 0) is 11.3 Å². The molecule has 6 unspecified atom stereocenters. The van der Waals surface area contributed by atoms with Crippen LogP contribution < -0.4 is 4.74 Å². The maximum absolute atomic E-state index is 12.9. The number of phenolic OH excluding ortho intramolecular Hbond substituents is 1. The minimum Gasteiger partial charge on any atom is -0.508 e. The fourth-order valence-electron chi connectivity index (χ4n) is 7.46. The Labute approximate surface area is 260 Å². The topological polar surface area (TPSA) is 142 Å². The van der Waals surface area contributed by atoms with E-state index in [0.717, 1.165) is 67.5 Å². The second kappa shape index (κ2) is 13.6. The van der Waals surface area contributed by atoms with Gasteiger partial charge in [0, 0.05) is 31.1 Å². The average Bonchev–Trinajstić information content (AvgIpc) is 3.44. The number of aliphatic hydroxyl groups excluding tert-OH is 2. The van der Waals surface area contributed by atoms with E-state index in [1.807, 2.05) is 25.5 Å². The molecule has 5 rings (SSSR count). The van der Waals surface area contributed by atoms with Gasteiger partial charge in [0.1, 0.15) is 23.1 Å². The van der Waals surface area contributed by atoms with Crippen molar-refractivity contribution in [3.63, 3.8) is 0 Å². The summed E-state index contributed by atoms with van der Waals surface area (Å²) >= 11 is 0. The number of allylic oxidation sites excluding steroid dienone is 1. The molecule has 0 spiro atoms. The highest BCUT2D eigenvalue weighted by Gasteiger charge is 2.63. The summed E-state index contributed by atoms with van der Waals surface area (Å²) in [6, 6.07) is 4.52. The summed E-state index contributed by atoms with van der Waals surface area (Å²) < 4.78 is 8.49. The molecule has 10 heteroatoms. The first-order valence-corrected chi connectivity index (χ1v) is 16.4. The second-order valence-corrected chi connectivity index (χ2v) is 13.7. The first-order valence-electron chi connectivity index (χ1n) is 16.4. The summed E-state index contributed by atoms with van der Waals surface area (Å²) in [6.07, 6.45) is 11.9. The number of ether oxygens (including phenoxy) is 1. The van der Waals surface area contributed by atoms with Crippen LogP contribution in [0.15, 0.2) is 41.2 Å². The van der Waals surface area contributed by atoms with Crippen LogP contribution in [0.5, 0.6) is 11.5 Å². The van der Waals surface area contributed by atoms with Gasteiger partial charge in [0.2, 0.25) is 5.79 Å². The molecule has 2 aliphatic carbocycles. The van der Waals surface area contributed by atoms with Gasteiger partial charge in [-0.3, -0.25) is 0 Å². The number of nitrogens with zero attached hydrogens (tertiary/aromatic N) is 4. The van der Waals surface area contributed by atoms with Crippen molar-refractivity contribution in [1.29, 1.82) is 0 Å². The van der Waals surface area contributed by atoms with Crippen LogP contribution in [0.1, 0.15) is 109 Å². The molecule has 10 nitrogen and oxygen atoms in total. The van der Waals surface area contributed by atoms with Gasteiger partial charge in [-0.25, -0.2) is 4.68 Å². The molecule has 1 aromatic heterocycles. The van der Waals surface area contributed by atoms with Crippen LogP contribution >= 0.6 is 0 Å². The Hall–Kier alpha value is -2.95. The lowest BCUT2D eigenvalue weighted by atomic mass is 9.55. The molecule has 0 bridgehead atoms. The van der Waals surface area contributed by atoms with E-state index in [0.29, 0.717) is 25.0 Å². The number of rotatable bonds is 13. The highest BCUT2D eigenvalue weighted by atomic mass is 16.6. The number of aromatic hydroxyl groups is 1. The van der Waals surface area contributed by atoms with Crippen LogP contribution in [0.4, 0.5) is 0 Å².